The van der Waals surface area contributed by atoms with Gasteiger partial charge in [0.05, 0.1) is 5.69 Å². The first-order chi connectivity index (χ1) is 11.1. The zero-order chi connectivity index (χ0) is 16.7. The van der Waals surface area contributed by atoms with Gasteiger partial charge in [0, 0.05) is 18.6 Å². The van der Waals surface area contributed by atoms with Crippen molar-refractivity contribution in [2.24, 2.45) is 0 Å². The van der Waals surface area contributed by atoms with E-state index in [0.717, 1.165) is 17.0 Å². The van der Waals surface area contributed by atoms with Crippen molar-refractivity contribution in [3.05, 3.63) is 47.0 Å². The van der Waals surface area contributed by atoms with E-state index in [0.29, 0.717) is 11.0 Å². The molecule has 6 heteroatoms. The highest BCUT2D eigenvalue weighted by molar-refractivity contribution is 7.14. The number of amides is 1. The minimum absolute atomic E-state index is 0.200. The van der Waals surface area contributed by atoms with E-state index < -0.39 is 0 Å². The maximum Gasteiger partial charge on any atom is 0.250 e. The largest absolute Gasteiger partial charge is 0.468 e. The van der Waals surface area contributed by atoms with Crippen molar-refractivity contribution in [1.29, 1.82) is 0 Å². The standard InChI is InChI=1S/C17H20N2O3S/c1-12(2)15-10-23-17(18-15)19-16(20)9-6-13-4-7-14(8-5-13)22-11-21-3/h4-10,12H,11H2,1-3H3,(H,18,19,20)/b9-6+. The van der Waals surface area contributed by atoms with Crippen LogP contribution in [0.15, 0.2) is 35.7 Å². The van der Waals surface area contributed by atoms with Crippen molar-refractivity contribution in [3.8, 4) is 5.75 Å². The Kier molecular flexibility index (Phi) is 6.31. The summed E-state index contributed by atoms with van der Waals surface area (Å²) in [5.74, 6) is 0.873. The molecule has 122 valence electrons. The first-order valence-electron chi connectivity index (χ1n) is 7.24. The lowest BCUT2D eigenvalue weighted by molar-refractivity contribution is -0.111. The number of hydrogen-bond donors (Lipinski definition) is 1. The number of rotatable bonds is 7. The third-order valence-electron chi connectivity index (χ3n) is 2.99. The molecule has 0 aliphatic rings. The van der Waals surface area contributed by atoms with Gasteiger partial charge in [0.25, 0.3) is 0 Å². The number of aromatic nitrogens is 1. The Bertz CT molecular complexity index is 663. The fourth-order valence-electron chi connectivity index (χ4n) is 1.73. The summed E-state index contributed by atoms with van der Waals surface area (Å²) in [6.45, 7) is 4.35. The Labute approximate surface area is 140 Å². The van der Waals surface area contributed by atoms with Crippen LogP contribution in [0.1, 0.15) is 31.0 Å². The number of thiazole rings is 1. The van der Waals surface area contributed by atoms with Crippen LogP contribution in [0.25, 0.3) is 6.08 Å². The number of ether oxygens (including phenoxy) is 2. The molecule has 0 aliphatic heterocycles. The number of hydrogen-bond acceptors (Lipinski definition) is 5. The second kappa shape index (κ2) is 8.45. The van der Waals surface area contributed by atoms with Gasteiger partial charge in [-0.3, -0.25) is 10.1 Å². The highest BCUT2D eigenvalue weighted by Crippen LogP contribution is 2.21. The number of carbonyl (C=O) groups excluding carboxylic acids is 1. The lowest BCUT2D eigenvalue weighted by atomic mass is 10.2. The number of nitrogens with zero attached hydrogens (tertiary/aromatic N) is 1. The van der Waals surface area contributed by atoms with Crippen LogP contribution in [0.4, 0.5) is 5.13 Å². The Morgan fingerprint density at radius 3 is 2.70 bits per heavy atom. The van der Waals surface area contributed by atoms with E-state index in [-0.39, 0.29) is 12.7 Å². The van der Waals surface area contributed by atoms with Crippen LogP contribution < -0.4 is 10.1 Å². The molecule has 0 fully saturated rings. The van der Waals surface area contributed by atoms with Gasteiger partial charge in [-0.05, 0) is 29.7 Å². The number of benzene rings is 1. The van der Waals surface area contributed by atoms with E-state index in [1.807, 2.05) is 29.6 Å². The quantitative estimate of drug-likeness (QED) is 0.617. The topological polar surface area (TPSA) is 60.5 Å². The number of carbonyl (C=O) groups is 1. The Morgan fingerprint density at radius 2 is 2.09 bits per heavy atom. The van der Waals surface area contributed by atoms with Crippen molar-refractivity contribution in [3.63, 3.8) is 0 Å². The zero-order valence-electron chi connectivity index (χ0n) is 13.4. The number of nitrogens with one attached hydrogen (secondary N) is 1. The van der Waals surface area contributed by atoms with Crippen LogP contribution in [0, 0.1) is 0 Å². The lowest BCUT2D eigenvalue weighted by Gasteiger charge is -2.04. The molecule has 23 heavy (non-hydrogen) atoms. The van der Waals surface area contributed by atoms with E-state index >= 15 is 0 Å². The van der Waals surface area contributed by atoms with Gasteiger partial charge in [0.1, 0.15) is 5.75 Å². The molecule has 1 N–H and O–H groups in total. The van der Waals surface area contributed by atoms with Gasteiger partial charge in [-0.15, -0.1) is 11.3 Å². The van der Waals surface area contributed by atoms with Gasteiger partial charge in [0.2, 0.25) is 5.91 Å². The minimum atomic E-state index is -0.200. The molecule has 1 heterocycles. The van der Waals surface area contributed by atoms with Crippen LogP contribution in [-0.2, 0) is 9.53 Å². The molecule has 0 spiro atoms. The SMILES string of the molecule is COCOc1ccc(/C=C/C(=O)Nc2nc(C(C)C)cs2)cc1. The second-order valence-electron chi connectivity index (χ2n) is 5.17. The van der Waals surface area contributed by atoms with Gasteiger partial charge >= 0.3 is 0 Å². The van der Waals surface area contributed by atoms with Crippen LogP contribution in [0.5, 0.6) is 5.75 Å². The average Bonchev–Trinajstić information content (AvgIpc) is 3.00. The fraction of sp³-hybridized carbons (Fsp3) is 0.294. The molecule has 1 amide bonds. The normalized spacial score (nSPS) is 11.1. The Balaban J connectivity index is 1.89. The smallest absolute Gasteiger partial charge is 0.250 e. The van der Waals surface area contributed by atoms with E-state index in [9.17, 15) is 4.79 Å². The summed E-state index contributed by atoms with van der Waals surface area (Å²) in [5, 5.41) is 5.35. The summed E-state index contributed by atoms with van der Waals surface area (Å²) in [6.07, 6.45) is 3.23. The molecular weight excluding hydrogens is 312 g/mol. The third kappa shape index (κ3) is 5.50. The summed E-state index contributed by atoms with van der Waals surface area (Å²) in [7, 11) is 1.57. The van der Waals surface area contributed by atoms with Gasteiger partial charge in [0.15, 0.2) is 11.9 Å². The summed E-state index contributed by atoms with van der Waals surface area (Å²) in [5.41, 5.74) is 1.90. The van der Waals surface area contributed by atoms with E-state index in [4.69, 9.17) is 9.47 Å². The van der Waals surface area contributed by atoms with E-state index in [2.05, 4.69) is 24.1 Å². The predicted molar refractivity (Wildman–Crippen MR) is 92.8 cm³/mol. The van der Waals surface area contributed by atoms with Gasteiger partial charge in [-0.25, -0.2) is 4.98 Å². The van der Waals surface area contributed by atoms with Crippen molar-refractivity contribution >= 4 is 28.5 Å². The van der Waals surface area contributed by atoms with Gasteiger partial charge < -0.3 is 9.47 Å². The van der Waals surface area contributed by atoms with Crippen molar-refractivity contribution < 1.29 is 14.3 Å². The molecule has 1 aromatic carbocycles. The van der Waals surface area contributed by atoms with Crippen molar-refractivity contribution in [2.45, 2.75) is 19.8 Å². The molecule has 0 radical (unpaired) electrons. The Hall–Kier alpha value is -2.18. The van der Waals surface area contributed by atoms with Gasteiger partial charge in [-0.2, -0.15) is 0 Å². The minimum Gasteiger partial charge on any atom is -0.468 e. The van der Waals surface area contributed by atoms with Crippen LogP contribution in [0.2, 0.25) is 0 Å². The second-order valence-corrected chi connectivity index (χ2v) is 6.03. The monoisotopic (exact) mass is 332 g/mol. The first-order valence-corrected chi connectivity index (χ1v) is 8.12. The maximum absolute atomic E-state index is 11.9. The molecule has 0 atom stereocenters. The van der Waals surface area contributed by atoms with Gasteiger partial charge in [-0.1, -0.05) is 26.0 Å². The molecule has 0 saturated carbocycles. The van der Waals surface area contributed by atoms with E-state index in [1.54, 1.807) is 13.2 Å². The number of anilines is 1. The molecule has 1 aromatic heterocycles. The molecule has 0 aliphatic carbocycles. The summed E-state index contributed by atoms with van der Waals surface area (Å²) in [6, 6.07) is 7.39. The molecule has 0 unspecified atom stereocenters. The zero-order valence-corrected chi connectivity index (χ0v) is 14.2. The molecule has 0 saturated heterocycles. The maximum atomic E-state index is 11.9. The third-order valence-corrected chi connectivity index (χ3v) is 3.77. The summed E-state index contributed by atoms with van der Waals surface area (Å²) in [4.78, 5) is 16.3. The molecule has 2 rings (SSSR count). The van der Waals surface area contributed by atoms with Crippen molar-refractivity contribution in [1.82, 2.24) is 4.98 Å². The molecule has 5 nitrogen and oxygen atoms in total. The molecular formula is C17H20N2O3S. The predicted octanol–water partition coefficient (Wildman–Crippen LogP) is 3.90. The fourth-order valence-corrected chi connectivity index (χ4v) is 2.60. The summed E-state index contributed by atoms with van der Waals surface area (Å²) < 4.78 is 10.1. The highest BCUT2D eigenvalue weighted by atomic mass is 32.1. The highest BCUT2D eigenvalue weighted by Gasteiger charge is 2.06. The Morgan fingerprint density at radius 1 is 1.35 bits per heavy atom. The number of methoxy groups -OCH3 is 1. The molecule has 0 bridgehead atoms. The van der Waals surface area contributed by atoms with Crippen molar-refractivity contribution in [2.75, 3.05) is 19.2 Å². The first kappa shape index (κ1) is 17.2. The van der Waals surface area contributed by atoms with E-state index in [1.165, 1.54) is 17.4 Å². The van der Waals surface area contributed by atoms with Crippen LogP contribution >= 0.6 is 11.3 Å². The van der Waals surface area contributed by atoms with Crippen LogP contribution in [-0.4, -0.2) is 24.8 Å². The van der Waals surface area contributed by atoms with Crippen LogP contribution in [0.3, 0.4) is 0 Å². The lowest BCUT2D eigenvalue weighted by Crippen LogP contribution is -2.07. The summed E-state index contributed by atoms with van der Waals surface area (Å²) >= 11 is 1.43. The average molecular weight is 332 g/mol. The molecule has 2 aromatic rings.